The Kier molecular flexibility index (Phi) is 2.64. The lowest BCUT2D eigenvalue weighted by atomic mass is 10.1. The second-order valence-electron chi connectivity index (χ2n) is 4.10. The molecule has 3 rings (SSSR count). The number of nitrogens with zero attached hydrogens (tertiary/aromatic N) is 5. The zero-order chi connectivity index (χ0) is 12.4. The Bertz CT molecular complexity index is 639. The number of hydrogen-bond acceptors (Lipinski definition) is 3. The minimum Gasteiger partial charge on any atom is -0.331 e. The van der Waals surface area contributed by atoms with E-state index in [4.69, 9.17) is 0 Å². The van der Waals surface area contributed by atoms with Crippen LogP contribution in [0.15, 0.2) is 49.3 Å². The normalized spacial score (nSPS) is 10.7. The average molecular weight is 239 g/mol. The predicted molar refractivity (Wildman–Crippen MR) is 67.4 cm³/mol. The van der Waals surface area contributed by atoms with Crippen molar-refractivity contribution < 1.29 is 0 Å². The van der Waals surface area contributed by atoms with Gasteiger partial charge in [-0.15, -0.1) is 10.2 Å². The van der Waals surface area contributed by atoms with Gasteiger partial charge in [-0.1, -0.05) is 18.2 Å². The van der Waals surface area contributed by atoms with Crippen molar-refractivity contribution in [1.82, 2.24) is 24.3 Å². The molecule has 90 valence electrons. The van der Waals surface area contributed by atoms with Gasteiger partial charge < -0.3 is 4.57 Å². The Morgan fingerprint density at radius 2 is 1.89 bits per heavy atom. The van der Waals surface area contributed by atoms with Crippen molar-refractivity contribution in [2.75, 3.05) is 0 Å². The molecule has 0 spiro atoms. The molecule has 0 fully saturated rings. The quantitative estimate of drug-likeness (QED) is 0.700. The van der Waals surface area contributed by atoms with Crippen molar-refractivity contribution in [2.45, 2.75) is 13.5 Å². The summed E-state index contributed by atoms with van der Waals surface area (Å²) in [6.45, 7) is 2.79. The summed E-state index contributed by atoms with van der Waals surface area (Å²) in [6.07, 6.45) is 7.22. The van der Waals surface area contributed by atoms with E-state index in [9.17, 15) is 0 Å². The summed E-state index contributed by atoms with van der Waals surface area (Å²) in [4.78, 5) is 4.24. The van der Waals surface area contributed by atoms with Crippen molar-refractivity contribution in [2.24, 2.45) is 0 Å². The first-order valence-electron chi connectivity index (χ1n) is 5.75. The second-order valence-corrected chi connectivity index (χ2v) is 4.10. The van der Waals surface area contributed by atoms with E-state index in [1.807, 2.05) is 36.0 Å². The highest BCUT2D eigenvalue weighted by Gasteiger charge is 2.05. The monoisotopic (exact) mass is 239 g/mol. The summed E-state index contributed by atoms with van der Waals surface area (Å²) < 4.78 is 4.03. The van der Waals surface area contributed by atoms with Crippen molar-refractivity contribution in [1.29, 1.82) is 0 Å². The second kappa shape index (κ2) is 4.44. The van der Waals surface area contributed by atoms with Crippen LogP contribution >= 0.6 is 0 Å². The van der Waals surface area contributed by atoms with Gasteiger partial charge in [0.1, 0.15) is 18.5 Å². The van der Waals surface area contributed by atoms with E-state index in [-0.39, 0.29) is 0 Å². The van der Waals surface area contributed by atoms with Gasteiger partial charge in [-0.2, -0.15) is 0 Å². The Labute approximate surface area is 105 Å². The van der Waals surface area contributed by atoms with E-state index in [1.54, 1.807) is 12.7 Å². The van der Waals surface area contributed by atoms with Crippen LogP contribution in [-0.4, -0.2) is 24.3 Å². The smallest absolute Gasteiger partial charge is 0.123 e. The summed E-state index contributed by atoms with van der Waals surface area (Å²) in [5, 5.41) is 7.70. The van der Waals surface area contributed by atoms with E-state index in [1.165, 1.54) is 5.56 Å². The van der Waals surface area contributed by atoms with E-state index in [0.717, 1.165) is 18.1 Å². The molecule has 5 nitrogen and oxygen atoms in total. The van der Waals surface area contributed by atoms with E-state index in [0.29, 0.717) is 0 Å². The van der Waals surface area contributed by atoms with Gasteiger partial charge in [-0.05, 0) is 18.6 Å². The van der Waals surface area contributed by atoms with Crippen LogP contribution in [0.25, 0.3) is 5.69 Å². The first-order chi connectivity index (χ1) is 8.84. The number of benzene rings is 1. The highest BCUT2D eigenvalue weighted by Crippen LogP contribution is 2.15. The molecule has 0 atom stereocenters. The van der Waals surface area contributed by atoms with Crippen LogP contribution in [0.2, 0.25) is 0 Å². The van der Waals surface area contributed by atoms with Gasteiger partial charge in [0, 0.05) is 12.4 Å². The van der Waals surface area contributed by atoms with Crippen LogP contribution < -0.4 is 0 Å². The Balaban J connectivity index is 2.00. The predicted octanol–water partition coefficient (Wildman–Crippen LogP) is 1.82. The first kappa shape index (κ1) is 10.7. The maximum atomic E-state index is 4.24. The molecule has 0 aliphatic carbocycles. The van der Waals surface area contributed by atoms with Crippen LogP contribution in [0.1, 0.15) is 11.4 Å². The molecule has 0 bridgehead atoms. The summed E-state index contributed by atoms with van der Waals surface area (Å²) >= 11 is 0. The molecular weight excluding hydrogens is 226 g/mol. The molecule has 0 saturated heterocycles. The summed E-state index contributed by atoms with van der Waals surface area (Å²) in [6, 6.07) is 8.22. The maximum Gasteiger partial charge on any atom is 0.123 e. The molecule has 5 heteroatoms. The van der Waals surface area contributed by atoms with Gasteiger partial charge >= 0.3 is 0 Å². The van der Waals surface area contributed by atoms with E-state index < -0.39 is 0 Å². The Morgan fingerprint density at radius 1 is 1.11 bits per heavy atom. The Morgan fingerprint density at radius 3 is 2.61 bits per heavy atom. The lowest BCUT2D eigenvalue weighted by Crippen LogP contribution is -2.05. The summed E-state index contributed by atoms with van der Waals surface area (Å²) in [7, 11) is 0. The fourth-order valence-corrected chi connectivity index (χ4v) is 1.98. The molecule has 0 aliphatic rings. The van der Waals surface area contributed by atoms with Crippen LogP contribution in [0.5, 0.6) is 0 Å². The molecule has 2 heterocycles. The first-order valence-corrected chi connectivity index (χ1v) is 5.75. The van der Waals surface area contributed by atoms with E-state index >= 15 is 0 Å². The third kappa shape index (κ3) is 1.90. The van der Waals surface area contributed by atoms with Crippen molar-refractivity contribution in [3.63, 3.8) is 0 Å². The lowest BCUT2D eigenvalue weighted by Gasteiger charge is -2.11. The van der Waals surface area contributed by atoms with Crippen molar-refractivity contribution in [3.05, 3.63) is 60.7 Å². The highest BCUT2D eigenvalue weighted by atomic mass is 15.2. The minimum atomic E-state index is 0.792. The van der Waals surface area contributed by atoms with Crippen LogP contribution in [-0.2, 0) is 6.54 Å². The van der Waals surface area contributed by atoms with Gasteiger partial charge in [0.25, 0.3) is 0 Å². The maximum absolute atomic E-state index is 4.24. The summed E-state index contributed by atoms with van der Waals surface area (Å²) in [5.41, 5.74) is 2.30. The molecular formula is C13H13N5. The Hall–Kier alpha value is -2.43. The van der Waals surface area contributed by atoms with Crippen LogP contribution in [0.3, 0.4) is 0 Å². The number of aromatic nitrogens is 5. The van der Waals surface area contributed by atoms with Crippen LogP contribution in [0.4, 0.5) is 0 Å². The van der Waals surface area contributed by atoms with Gasteiger partial charge in [0.2, 0.25) is 0 Å². The highest BCUT2D eigenvalue weighted by molar-refractivity contribution is 5.40. The molecule has 0 unspecified atom stereocenters. The number of imidazole rings is 1. The van der Waals surface area contributed by atoms with Gasteiger partial charge in [-0.25, -0.2) is 4.98 Å². The summed E-state index contributed by atoms with van der Waals surface area (Å²) in [5.74, 6) is 1.01. The van der Waals surface area contributed by atoms with Crippen molar-refractivity contribution >= 4 is 0 Å². The van der Waals surface area contributed by atoms with Gasteiger partial charge in [0.15, 0.2) is 0 Å². The van der Waals surface area contributed by atoms with Gasteiger partial charge in [-0.3, -0.25) is 4.57 Å². The molecule has 2 aromatic heterocycles. The SMILES string of the molecule is Cc1nccn1Cc1ccccc1-n1cnnc1. The third-order valence-electron chi connectivity index (χ3n) is 2.95. The topological polar surface area (TPSA) is 48.5 Å². The minimum absolute atomic E-state index is 0.792. The number of hydrogen-bond donors (Lipinski definition) is 0. The molecule has 0 aliphatic heterocycles. The third-order valence-corrected chi connectivity index (χ3v) is 2.95. The zero-order valence-corrected chi connectivity index (χ0v) is 10.1. The average Bonchev–Trinajstić information content (AvgIpc) is 3.03. The molecule has 18 heavy (non-hydrogen) atoms. The number of para-hydroxylation sites is 1. The number of aryl methyl sites for hydroxylation is 1. The van der Waals surface area contributed by atoms with Crippen molar-refractivity contribution in [3.8, 4) is 5.69 Å². The van der Waals surface area contributed by atoms with Gasteiger partial charge in [0.05, 0.1) is 12.2 Å². The fraction of sp³-hybridized carbons (Fsp3) is 0.154. The standard InChI is InChI=1S/C13H13N5/c1-11-14-6-7-17(11)8-12-4-2-3-5-13(12)18-9-15-16-10-18/h2-7,9-10H,8H2,1H3. The molecule has 0 radical (unpaired) electrons. The lowest BCUT2D eigenvalue weighted by molar-refractivity contribution is 0.755. The molecule has 0 saturated carbocycles. The zero-order valence-electron chi connectivity index (χ0n) is 10.1. The molecule has 0 N–H and O–H groups in total. The molecule has 1 aromatic carbocycles. The van der Waals surface area contributed by atoms with E-state index in [2.05, 4.69) is 31.9 Å². The van der Waals surface area contributed by atoms with Crippen LogP contribution in [0, 0.1) is 6.92 Å². The fourth-order valence-electron chi connectivity index (χ4n) is 1.98. The largest absolute Gasteiger partial charge is 0.331 e. The molecule has 3 aromatic rings. The number of rotatable bonds is 3. The molecule has 0 amide bonds.